The number of anilines is 1. The van der Waals surface area contributed by atoms with Gasteiger partial charge in [-0.1, -0.05) is 0 Å². The maximum atomic E-state index is 12.4. The van der Waals surface area contributed by atoms with Crippen LogP contribution in [-0.4, -0.2) is 15.5 Å². The van der Waals surface area contributed by atoms with E-state index in [2.05, 4.69) is 28.7 Å². The second-order valence-electron chi connectivity index (χ2n) is 5.36. The smallest absolute Gasteiger partial charge is 0.259 e. The Balaban J connectivity index is 2.28. The van der Waals surface area contributed by atoms with Crippen LogP contribution in [0.1, 0.15) is 52.2 Å². The molecule has 4 nitrogen and oxygen atoms in total. The Morgan fingerprint density at radius 1 is 1.30 bits per heavy atom. The van der Waals surface area contributed by atoms with Crippen LogP contribution in [0.25, 0.3) is 0 Å². The van der Waals surface area contributed by atoms with Crippen molar-refractivity contribution in [2.75, 3.05) is 5.32 Å². The van der Waals surface area contributed by atoms with Gasteiger partial charge >= 0.3 is 0 Å². The van der Waals surface area contributed by atoms with E-state index in [-0.39, 0.29) is 5.91 Å². The summed E-state index contributed by atoms with van der Waals surface area (Å²) in [6, 6.07) is 2.29. The third kappa shape index (κ3) is 2.63. The molecule has 0 aliphatic carbocycles. The minimum absolute atomic E-state index is 0.0845. The fourth-order valence-electron chi connectivity index (χ4n) is 2.49. The molecule has 5 heteroatoms. The van der Waals surface area contributed by atoms with Gasteiger partial charge in [0.15, 0.2) is 5.13 Å². The molecule has 0 spiro atoms. The number of hydrogen-bond donors (Lipinski definition) is 1. The highest BCUT2D eigenvalue weighted by Gasteiger charge is 2.18. The molecule has 0 saturated heterocycles. The number of aryl methyl sites for hydroxylation is 3. The number of nitrogens with zero attached hydrogens (tertiary/aromatic N) is 2. The van der Waals surface area contributed by atoms with Crippen LogP contribution >= 0.6 is 11.3 Å². The van der Waals surface area contributed by atoms with Gasteiger partial charge in [0.2, 0.25) is 0 Å². The molecular weight excluding hydrogens is 270 g/mol. The summed E-state index contributed by atoms with van der Waals surface area (Å²) in [6.45, 7) is 12.2. The molecule has 2 aromatic rings. The number of nitrogens with one attached hydrogen (secondary N) is 1. The van der Waals surface area contributed by atoms with Gasteiger partial charge < -0.3 is 4.57 Å². The Bertz CT molecular complexity index is 633. The summed E-state index contributed by atoms with van der Waals surface area (Å²) >= 11 is 1.51. The molecule has 0 bridgehead atoms. The van der Waals surface area contributed by atoms with E-state index in [1.54, 1.807) is 0 Å². The molecule has 1 N–H and O–H groups in total. The molecule has 0 aromatic carbocycles. The summed E-state index contributed by atoms with van der Waals surface area (Å²) < 4.78 is 2.17. The zero-order valence-corrected chi connectivity index (χ0v) is 13.7. The van der Waals surface area contributed by atoms with Crippen LogP contribution in [-0.2, 0) is 0 Å². The second-order valence-corrected chi connectivity index (χ2v) is 6.57. The predicted molar refractivity (Wildman–Crippen MR) is 83.8 cm³/mol. The fraction of sp³-hybridized carbons (Fsp3) is 0.467. The molecule has 0 aliphatic rings. The molecule has 0 radical (unpaired) electrons. The molecule has 0 aliphatic heterocycles. The normalized spacial score (nSPS) is 11.2. The van der Waals surface area contributed by atoms with Crippen molar-refractivity contribution in [1.29, 1.82) is 0 Å². The van der Waals surface area contributed by atoms with Crippen molar-refractivity contribution in [2.45, 2.75) is 47.6 Å². The van der Waals surface area contributed by atoms with E-state index in [1.165, 1.54) is 11.3 Å². The van der Waals surface area contributed by atoms with Crippen molar-refractivity contribution < 1.29 is 4.79 Å². The van der Waals surface area contributed by atoms with Crippen LogP contribution in [0.3, 0.4) is 0 Å². The van der Waals surface area contributed by atoms with Gasteiger partial charge in [-0.3, -0.25) is 10.1 Å². The summed E-state index contributed by atoms with van der Waals surface area (Å²) in [6.07, 6.45) is 0. The third-order valence-corrected chi connectivity index (χ3v) is 4.48. The van der Waals surface area contributed by atoms with Crippen LogP contribution < -0.4 is 5.32 Å². The molecular formula is C15H21N3OS. The quantitative estimate of drug-likeness (QED) is 0.928. The van der Waals surface area contributed by atoms with Gasteiger partial charge in [0, 0.05) is 22.3 Å². The highest BCUT2D eigenvalue weighted by Crippen LogP contribution is 2.24. The fourth-order valence-corrected chi connectivity index (χ4v) is 3.30. The summed E-state index contributed by atoms with van der Waals surface area (Å²) in [4.78, 5) is 17.9. The number of rotatable bonds is 3. The zero-order valence-electron chi connectivity index (χ0n) is 12.9. The summed E-state index contributed by atoms with van der Waals surface area (Å²) in [7, 11) is 0. The van der Waals surface area contributed by atoms with Crippen LogP contribution in [0.2, 0.25) is 0 Å². The highest BCUT2D eigenvalue weighted by atomic mass is 32.1. The number of amides is 1. The van der Waals surface area contributed by atoms with Crippen LogP contribution in [0.4, 0.5) is 5.13 Å². The summed E-state index contributed by atoms with van der Waals surface area (Å²) in [5, 5.41) is 3.56. The number of carbonyl (C=O) groups excluding carboxylic acids is 1. The average Bonchev–Trinajstić information content (AvgIpc) is 2.79. The van der Waals surface area contributed by atoms with Gasteiger partial charge in [-0.05, 0) is 47.6 Å². The number of carbonyl (C=O) groups is 1. The lowest BCUT2D eigenvalue weighted by Gasteiger charge is -2.13. The SMILES string of the molecule is Cc1nc(NC(=O)c2cc(C)n(C(C)C)c2C)sc1C. The molecule has 2 rings (SSSR count). The standard InChI is InChI=1S/C15H21N3OS/c1-8(2)18-9(3)7-13(11(18)5)14(19)17-15-16-10(4)12(6)20-15/h7-8H,1-6H3,(H,16,17,19). The largest absolute Gasteiger partial charge is 0.346 e. The maximum Gasteiger partial charge on any atom is 0.259 e. The minimum atomic E-state index is -0.0845. The van der Waals surface area contributed by atoms with Crippen molar-refractivity contribution in [2.24, 2.45) is 0 Å². The predicted octanol–water partition coefficient (Wildman–Crippen LogP) is 4.01. The van der Waals surface area contributed by atoms with Gasteiger partial charge in [0.05, 0.1) is 11.3 Å². The number of hydrogen-bond acceptors (Lipinski definition) is 3. The van der Waals surface area contributed by atoms with Crippen molar-refractivity contribution >= 4 is 22.4 Å². The van der Waals surface area contributed by atoms with Gasteiger partial charge in [-0.25, -0.2) is 4.98 Å². The molecule has 1 amide bonds. The van der Waals surface area contributed by atoms with Crippen molar-refractivity contribution in [3.05, 3.63) is 33.6 Å². The van der Waals surface area contributed by atoms with E-state index in [0.29, 0.717) is 11.2 Å². The molecule has 0 fully saturated rings. The summed E-state index contributed by atoms with van der Waals surface area (Å²) in [5.74, 6) is -0.0845. The van der Waals surface area contributed by atoms with E-state index in [9.17, 15) is 4.79 Å². The Morgan fingerprint density at radius 3 is 2.40 bits per heavy atom. The van der Waals surface area contributed by atoms with Crippen LogP contribution in [0, 0.1) is 27.7 Å². The molecule has 108 valence electrons. The molecule has 0 atom stereocenters. The van der Waals surface area contributed by atoms with Gasteiger partial charge in [0.1, 0.15) is 0 Å². The molecule has 0 unspecified atom stereocenters. The Kier molecular flexibility index (Phi) is 3.99. The van der Waals surface area contributed by atoms with Crippen LogP contribution in [0.15, 0.2) is 6.07 Å². The summed E-state index contributed by atoms with van der Waals surface area (Å²) in [5.41, 5.74) is 3.80. The maximum absolute atomic E-state index is 12.4. The van der Waals surface area contributed by atoms with E-state index < -0.39 is 0 Å². The lowest BCUT2D eigenvalue weighted by atomic mass is 10.2. The first-order chi connectivity index (χ1) is 9.31. The molecule has 20 heavy (non-hydrogen) atoms. The van der Waals surface area contributed by atoms with Crippen LogP contribution in [0.5, 0.6) is 0 Å². The zero-order chi connectivity index (χ0) is 15.0. The van der Waals surface area contributed by atoms with Crippen molar-refractivity contribution in [3.63, 3.8) is 0 Å². The minimum Gasteiger partial charge on any atom is -0.346 e. The van der Waals surface area contributed by atoms with Gasteiger partial charge in [0.25, 0.3) is 5.91 Å². The molecule has 2 heterocycles. The third-order valence-electron chi connectivity index (χ3n) is 3.49. The van der Waals surface area contributed by atoms with Gasteiger partial charge in [-0.2, -0.15) is 0 Å². The first-order valence-electron chi connectivity index (χ1n) is 6.75. The first-order valence-corrected chi connectivity index (χ1v) is 7.56. The average molecular weight is 291 g/mol. The number of thiazole rings is 1. The monoisotopic (exact) mass is 291 g/mol. The molecule has 2 aromatic heterocycles. The number of aromatic nitrogens is 2. The molecule has 0 saturated carbocycles. The van der Waals surface area contributed by atoms with Crippen molar-refractivity contribution in [3.8, 4) is 0 Å². The second kappa shape index (κ2) is 5.40. The van der Waals surface area contributed by atoms with Crippen molar-refractivity contribution in [1.82, 2.24) is 9.55 Å². The Hall–Kier alpha value is -1.62. The van der Waals surface area contributed by atoms with E-state index >= 15 is 0 Å². The Labute approximate surface area is 123 Å². The lowest BCUT2D eigenvalue weighted by Crippen LogP contribution is -2.13. The lowest BCUT2D eigenvalue weighted by molar-refractivity contribution is 0.102. The highest BCUT2D eigenvalue weighted by molar-refractivity contribution is 7.15. The van der Waals surface area contributed by atoms with E-state index in [0.717, 1.165) is 27.5 Å². The Morgan fingerprint density at radius 2 is 1.95 bits per heavy atom. The first kappa shape index (κ1) is 14.8. The van der Waals surface area contributed by atoms with Gasteiger partial charge in [-0.15, -0.1) is 11.3 Å². The van der Waals surface area contributed by atoms with E-state index in [4.69, 9.17) is 0 Å². The topological polar surface area (TPSA) is 46.9 Å². The van der Waals surface area contributed by atoms with E-state index in [1.807, 2.05) is 33.8 Å².